The lowest BCUT2D eigenvalue weighted by Gasteiger charge is -2.07. The highest BCUT2D eigenvalue weighted by atomic mass is 16.4. The molecule has 5 nitrogen and oxygen atoms in total. The quantitative estimate of drug-likeness (QED) is 0.228. The first-order valence-electron chi connectivity index (χ1n) is 14.0. The van der Waals surface area contributed by atoms with E-state index in [1.165, 1.54) is 22.3 Å². The highest BCUT2D eigenvalue weighted by molar-refractivity contribution is 5.94. The number of amides is 1. The molecular formula is C36H44N2O3. The minimum Gasteiger partial charge on any atom is -0.478 e. The standard InChI is InChI=1S/C18H21NO.C9H13N.C9H10O2/c1-13-4-6-16(7-5-13)8-9-19-18(20)17-11-14(2)10-15(3)12-17;1-8-2-4-9(5-3-8)6-7-10;1-6-3-7(2)5-8(4-6)9(10)11/h4-7,10-12H,8-9H2,1-3H3,(H,19,20);2-5H,6-7,10H2,1H3;3-5H,1-2H3,(H,10,11). The van der Waals surface area contributed by atoms with Gasteiger partial charge in [0.05, 0.1) is 5.56 Å². The van der Waals surface area contributed by atoms with Crippen molar-refractivity contribution < 1.29 is 14.7 Å². The number of nitrogens with two attached hydrogens (primary N) is 1. The second-order valence-electron chi connectivity index (χ2n) is 10.6. The van der Waals surface area contributed by atoms with Crippen LogP contribution in [-0.4, -0.2) is 30.1 Å². The number of hydrogen-bond acceptors (Lipinski definition) is 3. The van der Waals surface area contributed by atoms with Gasteiger partial charge < -0.3 is 16.2 Å². The monoisotopic (exact) mass is 552 g/mol. The molecule has 0 unspecified atom stereocenters. The van der Waals surface area contributed by atoms with Crippen LogP contribution in [-0.2, 0) is 12.8 Å². The molecule has 0 radical (unpaired) electrons. The second kappa shape index (κ2) is 16.8. The summed E-state index contributed by atoms with van der Waals surface area (Å²) in [6.45, 7) is 13.4. The number of aromatic carboxylic acids is 1. The lowest BCUT2D eigenvalue weighted by Crippen LogP contribution is -2.25. The molecular weight excluding hydrogens is 508 g/mol. The predicted octanol–water partition coefficient (Wildman–Crippen LogP) is 7.08. The van der Waals surface area contributed by atoms with E-state index in [1.54, 1.807) is 12.1 Å². The smallest absolute Gasteiger partial charge is 0.335 e. The predicted molar refractivity (Wildman–Crippen MR) is 170 cm³/mol. The molecule has 0 heterocycles. The number of nitrogens with one attached hydrogen (secondary N) is 1. The third-order valence-corrected chi connectivity index (χ3v) is 6.33. The van der Waals surface area contributed by atoms with E-state index in [1.807, 2.05) is 45.9 Å². The van der Waals surface area contributed by atoms with Gasteiger partial charge in [-0.3, -0.25) is 4.79 Å². The Morgan fingerprint density at radius 2 is 0.976 bits per heavy atom. The minimum absolute atomic E-state index is 0.00362. The molecule has 4 aromatic rings. The van der Waals surface area contributed by atoms with Gasteiger partial charge in [-0.15, -0.1) is 0 Å². The normalized spacial score (nSPS) is 10.0. The fourth-order valence-corrected chi connectivity index (χ4v) is 4.30. The van der Waals surface area contributed by atoms with Crippen LogP contribution in [0.5, 0.6) is 0 Å². The van der Waals surface area contributed by atoms with Crippen LogP contribution in [0.15, 0.2) is 84.9 Å². The first kappa shape index (κ1) is 33.0. The molecule has 0 saturated heterocycles. The van der Waals surface area contributed by atoms with Crippen LogP contribution in [0.1, 0.15) is 65.2 Å². The molecule has 1 amide bonds. The highest BCUT2D eigenvalue weighted by Crippen LogP contribution is 2.10. The van der Waals surface area contributed by atoms with E-state index in [9.17, 15) is 9.59 Å². The Morgan fingerprint density at radius 3 is 1.37 bits per heavy atom. The summed E-state index contributed by atoms with van der Waals surface area (Å²) in [6.07, 6.45) is 1.84. The molecule has 4 N–H and O–H groups in total. The van der Waals surface area contributed by atoms with Gasteiger partial charge in [-0.05, 0) is 96.3 Å². The summed E-state index contributed by atoms with van der Waals surface area (Å²) in [4.78, 5) is 22.6. The van der Waals surface area contributed by atoms with E-state index >= 15 is 0 Å². The second-order valence-corrected chi connectivity index (χ2v) is 10.6. The Kier molecular flexibility index (Phi) is 13.5. The van der Waals surface area contributed by atoms with Crippen molar-refractivity contribution in [1.82, 2.24) is 5.32 Å². The maximum Gasteiger partial charge on any atom is 0.335 e. The van der Waals surface area contributed by atoms with Crippen LogP contribution in [0.25, 0.3) is 0 Å². The van der Waals surface area contributed by atoms with Crippen LogP contribution in [0.4, 0.5) is 0 Å². The van der Waals surface area contributed by atoms with Crippen molar-refractivity contribution in [2.45, 2.75) is 54.4 Å². The third kappa shape index (κ3) is 12.7. The average Bonchev–Trinajstić information content (AvgIpc) is 2.91. The van der Waals surface area contributed by atoms with E-state index in [2.05, 4.69) is 73.8 Å². The zero-order chi connectivity index (χ0) is 30.4. The molecule has 216 valence electrons. The molecule has 0 aliphatic rings. The molecule has 0 aliphatic heterocycles. The molecule has 0 bridgehead atoms. The summed E-state index contributed by atoms with van der Waals surface area (Å²) >= 11 is 0. The van der Waals surface area contributed by atoms with Crippen molar-refractivity contribution >= 4 is 11.9 Å². The summed E-state index contributed by atoms with van der Waals surface area (Å²) in [5.74, 6) is -0.860. The number of carbonyl (C=O) groups excluding carboxylic acids is 1. The van der Waals surface area contributed by atoms with Gasteiger partial charge in [0.15, 0.2) is 0 Å². The Hall–Kier alpha value is -4.22. The van der Waals surface area contributed by atoms with Crippen LogP contribution in [0.3, 0.4) is 0 Å². The van der Waals surface area contributed by atoms with Crippen molar-refractivity contribution in [3.8, 4) is 0 Å². The summed E-state index contributed by atoms with van der Waals surface area (Å²) in [5, 5.41) is 11.6. The van der Waals surface area contributed by atoms with Gasteiger partial charge in [-0.25, -0.2) is 4.79 Å². The zero-order valence-corrected chi connectivity index (χ0v) is 25.3. The first-order valence-corrected chi connectivity index (χ1v) is 14.0. The molecule has 41 heavy (non-hydrogen) atoms. The van der Waals surface area contributed by atoms with E-state index < -0.39 is 5.97 Å². The topological polar surface area (TPSA) is 92.4 Å². The lowest BCUT2D eigenvalue weighted by molar-refractivity contribution is 0.0696. The summed E-state index contributed by atoms with van der Waals surface area (Å²) in [6, 6.07) is 28.1. The molecule has 0 aromatic heterocycles. The number of aryl methyl sites for hydroxylation is 6. The molecule has 0 spiro atoms. The van der Waals surface area contributed by atoms with Gasteiger partial charge in [-0.2, -0.15) is 0 Å². The number of carboxylic acids is 1. The van der Waals surface area contributed by atoms with Crippen molar-refractivity contribution in [1.29, 1.82) is 0 Å². The Balaban J connectivity index is 0.000000236. The zero-order valence-electron chi connectivity index (χ0n) is 25.3. The van der Waals surface area contributed by atoms with Crippen LogP contribution >= 0.6 is 0 Å². The van der Waals surface area contributed by atoms with Crippen LogP contribution < -0.4 is 11.1 Å². The summed E-state index contributed by atoms with van der Waals surface area (Å²) < 4.78 is 0. The molecule has 4 aromatic carbocycles. The van der Waals surface area contributed by atoms with Crippen molar-refractivity contribution in [2.75, 3.05) is 13.1 Å². The average molecular weight is 553 g/mol. The number of carbonyl (C=O) groups is 2. The number of carboxylic acid groups (broad SMARTS) is 1. The van der Waals surface area contributed by atoms with Crippen LogP contribution in [0, 0.1) is 41.5 Å². The van der Waals surface area contributed by atoms with Crippen molar-refractivity contribution in [2.24, 2.45) is 5.73 Å². The Bertz CT molecular complexity index is 1370. The van der Waals surface area contributed by atoms with Crippen molar-refractivity contribution in [3.05, 3.63) is 141 Å². The molecule has 0 aliphatic carbocycles. The number of benzene rings is 4. The molecule has 5 heteroatoms. The van der Waals surface area contributed by atoms with E-state index in [0.717, 1.165) is 47.2 Å². The maximum absolute atomic E-state index is 12.1. The lowest BCUT2D eigenvalue weighted by atomic mass is 10.1. The fourth-order valence-electron chi connectivity index (χ4n) is 4.30. The highest BCUT2D eigenvalue weighted by Gasteiger charge is 2.06. The van der Waals surface area contributed by atoms with Gasteiger partial charge in [0.1, 0.15) is 0 Å². The van der Waals surface area contributed by atoms with Gasteiger partial charge >= 0.3 is 5.97 Å². The van der Waals surface area contributed by atoms with Crippen molar-refractivity contribution in [3.63, 3.8) is 0 Å². The first-order chi connectivity index (χ1) is 19.5. The molecule has 0 atom stereocenters. The van der Waals surface area contributed by atoms with Crippen LogP contribution in [0.2, 0.25) is 0 Å². The Morgan fingerprint density at radius 1 is 0.585 bits per heavy atom. The van der Waals surface area contributed by atoms with Gasteiger partial charge in [-0.1, -0.05) is 94.0 Å². The Labute approximate surface area is 245 Å². The maximum atomic E-state index is 12.1. The minimum atomic E-state index is -0.864. The van der Waals surface area contributed by atoms with E-state index in [-0.39, 0.29) is 5.91 Å². The van der Waals surface area contributed by atoms with E-state index in [4.69, 9.17) is 10.8 Å². The third-order valence-electron chi connectivity index (χ3n) is 6.33. The largest absolute Gasteiger partial charge is 0.478 e. The SMILES string of the molecule is Cc1cc(C)cc(C(=O)O)c1.Cc1ccc(CCN)cc1.Cc1ccc(CCNC(=O)c2cc(C)cc(C)c2)cc1. The van der Waals surface area contributed by atoms with E-state index in [0.29, 0.717) is 12.1 Å². The summed E-state index contributed by atoms with van der Waals surface area (Å²) in [5.41, 5.74) is 15.9. The fraction of sp³-hybridized carbons (Fsp3) is 0.278. The molecule has 0 fully saturated rings. The molecule has 0 saturated carbocycles. The number of hydrogen-bond donors (Lipinski definition) is 3. The van der Waals surface area contributed by atoms with Gasteiger partial charge in [0.25, 0.3) is 5.91 Å². The molecule has 4 rings (SSSR count). The van der Waals surface area contributed by atoms with Gasteiger partial charge in [0, 0.05) is 12.1 Å². The summed E-state index contributed by atoms with van der Waals surface area (Å²) in [7, 11) is 0. The number of rotatable bonds is 7. The van der Waals surface area contributed by atoms with Gasteiger partial charge in [0.2, 0.25) is 0 Å².